The molecule has 2 atom stereocenters. The molecule has 2 unspecified atom stereocenters. The third kappa shape index (κ3) is 7.87. The van der Waals surface area contributed by atoms with Gasteiger partial charge in [-0.15, -0.1) is 23.5 Å². The van der Waals surface area contributed by atoms with Gasteiger partial charge in [0.15, 0.2) is 0 Å². The minimum absolute atomic E-state index is 0.219. The molecule has 1 saturated carbocycles. The molecule has 5 rings (SSSR count). The maximum atomic E-state index is 14.2. The standard InChI is InChI=1S/C32H36F4N4OS2/c1-19-14-26(21-6-9-25(20(2)16-21)30(41)39-24-7-8-24)40-28(15-19)27(38-11-10-31(34,35)36)18-29(37)32(42-12-13-43-32)22-4-3-5-23(33)17-22/h3-6,9,15-18,24,26,30,39-41H,1,7-8,10-14,37H2,2H3. The topological polar surface area (TPSA) is 82.7 Å². The highest BCUT2D eigenvalue weighted by Gasteiger charge is 2.41. The van der Waals surface area contributed by atoms with Gasteiger partial charge < -0.3 is 16.2 Å². The average molecular weight is 633 g/mol. The first kappa shape index (κ1) is 31.7. The number of aliphatic imine (C=N–C) groups is 1. The third-order valence-electron chi connectivity index (χ3n) is 7.63. The molecular formula is C32H36F4N4OS2. The molecule has 5 nitrogen and oxygen atoms in total. The summed E-state index contributed by atoms with van der Waals surface area (Å²) >= 11 is 3.14. The van der Waals surface area contributed by atoms with Crippen molar-refractivity contribution in [3.05, 3.63) is 106 Å². The molecule has 2 fully saturated rings. The Morgan fingerprint density at radius 1 is 1.23 bits per heavy atom. The van der Waals surface area contributed by atoms with Gasteiger partial charge in [-0.05, 0) is 72.7 Å². The lowest BCUT2D eigenvalue weighted by Crippen LogP contribution is -2.31. The molecule has 0 aromatic heterocycles. The molecule has 1 aliphatic carbocycles. The number of hydrogen-bond acceptors (Lipinski definition) is 7. The fraction of sp³-hybridized carbons (Fsp3) is 0.406. The van der Waals surface area contributed by atoms with Crippen molar-refractivity contribution in [3.63, 3.8) is 0 Å². The Hall–Kier alpha value is -2.73. The summed E-state index contributed by atoms with van der Waals surface area (Å²) in [6.07, 6.45) is -0.0620. The second kappa shape index (κ2) is 13.1. The van der Waals surface area contributed by atoms with Crippen molar-refractivity contribution in [2.75, 3.05) is 18.1 Å². The van der Waals surface area contributed by atoms with Gasteiger partial charge in [0, 0.05) is 29.8 Å². The maximum Gasteiger partial charge on any atom is 0.390 e. The number of nitrogens with two attached hydrogens (primary N) is 1. The van der Waals surface area contributed by atoms with Crippen LogP contribution in [0.2, 0.25) is 0 Å². The highest BCUT2D eigenvalue weighted by Crippen LogP contribution is 2.55. The molecule has 2 aromatic rings. The van der Waals surface area contributed by atoms with Crippen molar-refractivity contribution < 1.29 is 22.7 Å². The van der Waals surface area contributed by atoms with E-state index in [1.54, 1.807) is 41.7 Å². The Bertz CT molecular complexity index is 1450. The van der Waals surface area contributed by atoms with Crippen molar-refractivity contribution in [1.82, 2.24) is 10.6 Å². The van der Waals surface area contributed by atoms with Crippen LogP contribution in [0.25, 0.3) is 0 Å². The number of allylic oxidation sites excluding steroid dienone is 2. The van der Waals surface area contributed by atoms with Gasteiger partial charge in [0.1, 0.15) is 16.1 Å². The van der Waals surface area contributed by atoms with Crippen LogP contribution in [-0.4, -0.2) is 41.1 Å². The molecule has 1 saturated heterocycles. The zero-order valence-corrected chi connectivity index (χ0v) is 25.5. The molecule has 2 aliphatic heterocycles. The monoisotopic (exact) mass is 632 g/mol. The summed E-state index contributed by atoms with van der Waals surface area (Å²) in [5, 5.41) is 17.3. The molecule has 2 aromatic carbocycles. The van der Waals surface area contributed by atoms with E-state index < -0.39 is 29.4 Å². The van der Waals surface area contributed by atoms with Crippen LogP contribution in [0.4, 0.5) is 17.6 Å². The number of alkyl halides is 3. The van der Waals surface area contributed by atoms with Crippen LogP contribution in [0.1, 0.15) is 60.2 Å². The maximum absolute atomic E-state index is 14.2. The van der Waals surface area contributed by atoms with E-state index >= 15 is 0 Å². The Morgan fingerprint density at radius 3 is 2.63 bits per heavy atom. The Morgan fingerprint density at radius 2 is 1.98 bits per heavy atom. The average Bonchev–Trinajstić information content (AvgIpc) is 3.61. The highest BCUT2D eigenvalue weighted by molar-refractivity contribution is 8.20. The van der Waals surface area contributed by atoms with Crippen LogP contribution >= 0.6 is 23.5 Å². The number of nitrogens with zero attached hydrogens (tertiary/aromatic N) is 1. The van der Waals surface area contributed by atoms with E-state index in [0.717, 1.165) is 46.6 Å². The number of aliphatic hydroxyl groups excluding tert-OH is 1. The number of benzene rings is 2. The summed E-state index contributed by atoms with van der Waals surface area (Å²) in [5.74, 6) is 1.19. The molecular weight excluding hydrogens is 597 g/mol. The second-order valence-electron chi connectivity index (χ2n) is 11.1. The molecule has 0 radical (unpaired) electrons. The van der Waals surface area contributed by atoms with Crippen molar-refractivity contribution in [2.24, 2.45) is 10.7 Å². The van der Waals surface area contributed by atoms with Crippen LogP contribution < -0.4 is 16.4 Å². The number of nitrogens with one attached hydrogen (secondary N) is 2. The van der Waals surface area contributed by atoms with E-state index in [1.807, 2.05) is 31.2 Å². The summed E-state index contributed by atoms with van der Waals surface area (Å²) in [6, 6.07) is 12.3. The Kier molecular flexibility index (Phi) is 9.65. The minimum atomic E-state index is -4.36. The Balaban J connectivity index is 1.45. The number of hydrogen-bond donors (Lipinski definition) is 4. The molecule has 230 valence electrons. The quantitative estimate of drug-likeness (QED) is 0.129. The van der Waals surface area contributed by atoms with Crippen LogP contribution in [0.5, 0.6) is 0 Å². The first-order valence-electron chi connectivity index (χ1n) is 14.3. The van der Waals surface area contributed by atoms with Gasteiger partial charge in [0.25, 0.3) is 0 Å². The zero-order chi connectivity index (χ0) is 30.8. The summed E-state index contributed by atoms with van der Waals surface area (Å²) in [4.78, 5) is 4.37. The van der Waals surface area contributed by atoms with Gasteiger partial charge in [0.05, 0.1) is 23.9 Å². The molecule has 11 heteroatoms. The fourth-order valence-corrected chi connectivity index (χ4v) is 8.41. The molecule has 5 N–H and O–H groups in total. The van der Waals surface area contributed by atoms with Gasteiger partial charge in [-0.3, -0.25) is 10.3 Å². The van der Waals surface area contributed by atoms with Crippen LogP contribution in [0, 0.1) is 12.7 Å². The van der Waals surface area contributed by atoms with E-state index in [-0.39, 0.29) is 17.6 Å². The summed E-state index contributed by atoms with van der Waals surface area (Å²) in [5.41, 5.74) is 12.1. The summed E-state index contributed by atoms with van der Waals surface area (Å²) in [6.45, 7) is 5.65. The minimum Gasteiger partial charge on any atom is -0.400 e. The Labute approximate surface area is 258 Å². The zero-order valence-electron chi connectivity index (χ0n) is 23.9. The summed E-state index contributed by atoms with van der Waals surface area (Å²) < 4.78 is 52.8. The molecule has 43 heavy (non-hydrogen) atoms. The van der Waals surface area contributed by atoms with Crippen LogP contribution in [0.3, 0.4) is 0 Å². The number of thioether (sulfide) groups is 2. The largest absolute Gasteiger partial charge is 0.400 e. The van der Waals surface area contributed by atoms with Gasteiger partial charge in [-0.25, -0.2) is 4.39 Å². The molecule has 0 spiro atoms. The van der Waals surface area contributed by atoms with E-state index in [2.05, 4.69) is 22.2 Å². The molecule has 0 bridgehead atoms. The summed E-state index contributed by atoms with van der Waals surface area (Å²) in [7, 11) is 0. The third-order valence-corrected chi connectivity index (χ3v) is 11.2. The predicted octanol–water partition coefficient (Wildman–Crippen LogP) is 6.92. The first-order chi connectivity index (χ1) is 20.4. The first-order valence-corrected chi connectivity index (χ1v) is 16.2. The second-order valence-corrected chi connectivity index (χ2v) is 14.0. The number of aliphatic hydroxyl groups is 1. The van der Waals surface area contributed by atoms with Crippen molar-refractivity contribution in [3.8, 4) is 0 Å². The highest BCUT2D eigenvalue weighted by atomic mass is 32.2. The number of halogens is 4. The lowest BCUT2D eigenvalue weighted by molar-refractivity contribution is -0.132. The van der Waals surface area contributed by atoms with Gasteiger partial charge in [-0.1, -0.05) is 42.5 Å². The SMILES string of the molecule is C=C1C=C(C(C=C(N)C2(c3cccc(F)c3)SCCS2)=NCCC(F)(F)F)NC(c2ccc(C(O)NC3CC3)c(C)c2)C1. The molecule has 3 aliphatic rings. The molecule has 0 amide bonds. The fourth-order valence-electron chi connectivity index (χ4n) is 5.30. The van der Waals surface area contributed by atoms with E-state index in [4.69, 9.17) is 5.73 Å². The van der Waals surface area contributed by atoms with Gasteiger partial charge in [-0.2, -0.15) is 13.2 Å². The van der Waals surface area contributed by atoms with Gasteiger partial charge in [0.2, 0.25) is 0 Å². The van der Waals surface area contributed by atoms with Crippen LogP contribution in [-0.2, 0) is 4.08 Å². The van der Waals surface area contributed by atoms with E-state index in [1.165, 1.54) is 12.1 Å². The van der Waals surface area contributed by atoms with E-state index in [9.17, 15) is 22.7 Å². The smallest absolute Gasteiger partial charge is 0.390 e. The van der Waals surface area contributed by atoms with Gasteiger partial charge >= 0.3 is 6.18 Å². The predicted molar refractivity (Wildman–Crippen MR) is 168 cm³/mol. The van der Waals surface area contributed by atoms with Crippen molar-refractivity contribution >= 4 is 29.2 Å². The van der Waals surface area contributed by atoms with Crippen LogP contribution in [0.15, 0.2) is 83.2 Å². The lowest BCUT2D eigenvalue weighted by Gasteiger charge is -2.31. The normalized spacial score (nSPS) is 21.9. The number of aryl methyl sites for hydroxylation is 1. The van der Waals surface area contributed by atoms with Crippen molar-refractivity contribution in [2.45, 2.75) is 61.2 Å². The van der Waals surface area contributed by atoms with Crippen molar-refractivity contribution in [1.29, 1.82) is 0 Å². The van der Waals surface area contributed by atoms with E-state index in [0.29, 0.717) is 29.4 Å². The number of rotatable bonds is 10. The molecule has 2 heterocycles. The lowest BCUT2D eigenvalue weighted by atomic mass is 9.91.